The smallest absolute Gasteiger partial charge is 0.356 e. The summed E-state index contributed by atoms with van der Waals surface area (Å²) in [7, 11) is 0. The van der Waals surface area contributed by atoms with Gasteiger partial charge in [0.05, 0.1) is 12.4 Å². The van der Waals surface area contributed by atoms with Gasteiger partial charge >= 0.3 is 5.97 Å². The number of aromatic carboxylic acids is 1. The van der Waals surface area contributed by atoms with E-state index in [4.69, 9.17) is 9.63 Å². The molecule has 0 radical (unpaired) electrons. The lowest BCUT2D eigenvalue weighted by Gasteiger charge is -2.03. The first-order valence-corrected chi connectivity index (χ1v) is 5.23. The monoisotopic (exact) mass is 249 g/mol. The lowest BCUT2D eigenvalue weighted by molar-refractivity contribution is 0.0690. The Bertz CT molecular complexity index is 554. The Labute approximate surface area is 102 Å². The second-order valence-electron chi connectivity index (χ2n) is 3.51. The van der Waals surface area contributed by atoms with Crippen LogP contribution in [-0.2, 0) is 6.42 Å². The minimum Gasteiger partial charge on any atom is -0.476 e. The van der Waals surface area contributed by atoms with Crippen molar-refractivity contribution in [3.63, 3.8) is 0 Å². The molecule has 0 aromatic carbocycles. The molecule has 0 atom stereocenters. The third kappa shape index (κ3) is 3.00. The van der Waals surface area contributed by atoms with E-state index >= 15 is 0 Å². The standard InChI is InChI=1S/C10H11N5O3/c1-6-13-9(18-15-6)2-3-12-8-5-11-4-7(14-8)10(16)17/h4-5H,2-3H2,1H3,(H,12,14)(H,16,17). The Morgan fingerprint density at radius 3 is 2.94 bits per heavy atom. The Morgan fingerprint density at radius 1 is 1.44 bits per heavy atom. The van der Waals surface area contributed by atoms with Crippen LogP contribution in [0, 0.1) is 6.92 Å². The Hall–Kier alpha value is -2.51. The third-order valence-corrected chi connectivity index (χ3v) is 2.07. The molecule has 2 aromatic heterocycles. The highest BCUT2D eigenvalue weighted by Crippen LogP contribution is 2.03. The van der Waals surface area contributed by atoms with Crippen molar-refractivity contribution in [3.8, 4) is 0 Å². The Balaban J connectivity index is 1.90. The summed E-state index contributed by atoms with van der Waals surface area (Å²) in [4.78, 5) is 22.4. The topological polar surface area (TPSA) is 114 Å². The summed E-state index contributed by atoms with van der Waals surface area (Å²) < 4.78 is 4.93. The van der Waals surface area contributed by atoms with Crippen molar-refractivity contribution in [3.05, 3.63) is 29.8 Å². The zero-order valence-electron chi connectivity index (χ0n) is 9.62. The molecule has 0 aliphatic carbocycles. The van der Waals surface area contributed by atoms with Crippen LogP contribution in [-0.4, -0.2) is 37.7 Å². The van der Waals surface area contributed by atoms with Crippen LogP contribution in [0.3, 0.4) is 0 Å². The van der Waals surface area contributed by atoms with E-state index in [9.17, 15) is 4.79 Å². The summed E-state index contributed by atoms with van der Waals surface area (Å²) >= 11 is 0. The highest BCUT2D eigenvalue weighted by Gasteiger charge is 2.06. The highest BCUT2D eigenvalue weighted by atomic mass is 16.5. The molecule has 0 fully saturated rings. The van der Waals surface area contributed by atoms with Gasteiger partial charge in [0.2, 0.25) is 5.89 Å². The quantitative estimate of drug-likeness (QED) is 0.788. The maximum Gasteiger partial charge on any atom is 0.356 e. The molecule has 0 aliphatic rings. The number of carbonyl (C=O) groups is 1. The lowest BCUT2D eigenvalue weighted by Crippen LogP contribution is -2.09. The molecule has 2 rings (SSSR count). The first-order chi connectivity index (χ1) is 8.65. The van der Waals surface area contributed by atoms with Gasteiger partial charge in [0, 0.05) is 13.0 Å². The van der Waals surface area contributed by atoms with Gasteiger partial charge in [-0.15, -0.1) is 0 Å². The second kappa shape index (κ2) is 5.21. The number of nitrogens with one attached hydrogen (secondary N) is 1. The maximum absolute atomic E-state index is 10.7. The predicted octanol–water partition coefficient (Wildman–Crippen LogP) is 0.521. The third-order valence-electron chi connectivity index (χ3n) is 2.07. The van der Waals surface area contributed by atoms with Crippen molar-refractivity contribution in [2.24, 2.45) is 0 Å². The minimum absolute atomic E-state index is 0.103. The largest absolute Gasteiger partial charge is 0.476 e. The number of carboxylic acids is 1. The van der Waals surface area contributed by atoms with E-state index in [0.717, 1.165) is 0 Å². The van der Waals surface area contributed by atoms with Crippen LogP contribution >= 0.6 is 0 Å². The first-order valence-electron chi connectivity index (χ1n) is 5.23. The Kier molecular flexibility index (Phi) is 3.46. The molecule has 2 N–H and O–H groups in total. The zero-order valence-corrected chi connectivity index (χ0v) is 9.62. The van der Waals surface area contributed by atoms with Gasteiger partial charge in [-0.05, 0) is 6.92 Å². The molecule has 94 valence electrons. The van der Waals surface area contributed by atoms with Crippen molar-refractivity contribution >= 4 is 11.8 Å². The molecule has 0 aliphatic heterocycles. The molecule has 2 heterocycles. The summed E-state index contributed by atoms with van der Waals surface area (Å²) in [6.45, 7) is 2.24. The van der Waals surface area contributed by atoms with Gasteiger partial charge in [-0.25, -0.2) is 9.78 Å². The molecule has 8 nitrogen and oxygen atoms in total. The summed E-state index contributed by atoms with van der Waals surface area (Å²) in [6, 6.07) is 0. The van der Waals surface area contributed by atoms with Crippen LogP contribution in [0.1, 0.15) is 22.2 Å². The molecule has 8 heteroatoms. The van der Waals surface area contributed by atoms with Gasteiger partial charge in [0.25, 0.3) is 0 Å². The average molecular weight is 249 g/mol. The normalized spacial score (nSPS) is 10.3. The molecule has 0 saturated carbocycles. The molecule has 0 saturated heterocycles. The number of anilines is 1. The number of hydrogen-bond donors (Lipinski definition) is 2. The predicted molar refractivity (Wildman–Crippen MR) is 60.2 cm³/mol. The molecule has 0 spiro atoms. The highest BCUT2D eigenvalue weighted by molar-refractivity contribution is 5.85. The van der Waals surface area contributed by atoms with E-state index in [1.54, 1.807) is 6.92 Å². The van der Waals surface area contributed by atoms with E-state index in [2.05, 4.69) is 25.4 Å². The minimum atomic E-state index is -1.11. The van der Waals surface area contributed by atoms with Gasteiger partial charge in [-0.1, -0.05) is 5.16 Å². The second-order valence-corrected chi connectivity index (χ2v) is 3.51. The van der Waals surface area contributed by atoms with E-state index in [1.807, 2.05) is 0 Å². The van der Waals surface area contributed by atoms with Crippen LogP contribution in [0.25, 0.3) is 0 Å². The van der Waals surface area contributed by atoms with Gasteiger partial charge in [0.1, 0.15) is 5.82 Å². The first kappa shape index (κ1) is 12.0. The fourth-order valence-electron chi connectivity index (χ4n) is 1.29. The van der Waals surface area contributed by atoms with Crippen LogP contribution < -0.4 is 5.32 Å². The summed E-state index contributed by atoms with van der Waals surface area (Å²) in [5.41, 5.74) is -0.103. The van der Waals surface area contributed by atoms with Crippen molar-refractivity contribution in [2.75, 3.05) is 11.9 Å². The molecular weight excluding hydrogens is 238 g/mol. The van der Waals surface area contributed by atoms with E-state index in [1.165, 1.54) is 12.4 Å². The number of carboxylic acid groups (broad SMARTS) is 1. The van der Waals surface area contributed by atoms with Crippen molar-refractivity contribution in [2.45, 2.75) is 13.3 Å². The fourth-order valence-corrected chi connectivity index (χ4v) is 1.29. The van der Waals surface area contributed by atoms with Crippen LogP contribution in [0.2, 0.25) is 0 Å². The van der Waals surface area contributed by atoms with Gasteiger partial charge in [-0.3, -0.25) is 4.98 Å². The molecular formula is C10H11N5O3. The molecule has 2 aromatic rings. The van der Waals surface area contributed by atoms with Gasteiger partial charge in [0.15, 0.2) is 11.5 Å². The molecule has 18 heavy (non-hydrogen) atoms. The lowest BCUT2D eigenvalue weighted by atomic mass is 10.4. The number of aryl methyl sites for hydroxylation is 1. The SMILES string of the molecule is Cc1noc(CCNc2cncc(C(=O)O)n2)n1. The number of aromatic nitrogens is 4. The van der Waals surface area contributed by atoms with Crippen molar-refractivity contribution < 1.29 is 14.4 Å². The molecule has 0 unspecified atom stereocenters. The van der Waals surface area contributed by atoms with Crippen LogP contribution in [0.4, 0.5) is 5.82 Å². The van der Waals surface area contributed by atoms with Crippen LogP contribution in [0.15, 0.2) is 16.9 Å². The van der Waals surface area contributed by atoms with Crippen molar-refractivity contribution in [1.82, 2.24) is 20.1 Å². The van der Waals surface area contributed by atoms with Crippen molar-refractivity contribution in [1.29, 1.82) is 0 Å². The van der Waals surface area contributed by atoms with Crippen LogP contribution in [0.5, 0.6) is 0 Å². The van der Waals surface area contributed by atoms with E-state index in [0.29, 0.717) is 30.5 Å². The summed E-state index contributed by atoms with van der Waals surface area (Å²) in [6.07, 6.45) is 3.17. The fraction of sp³-hybridized carbons (Fsp3) is 0.300. The number of nitrogens with zero attached hydrogens (tertiary/aromatic N) is 4. The van der Waals surface area contributed by atoms with E-state index in [-0.39, 0.29) is 5.69 Å². The van der Waals surface area contributed by atoms with E-state index < -0.39 is 5.97 Å². The summed E-state index contributed by atoms with van der Waals surface area (Å²) in [5.74, 6) is 0.379. The molecule has 0 amide bonds. The number of rotatable bonds is 5. The van der Waals surface area contributed by atoms with Gasteiger partial charge < -0.3 is 14.9 Å². The average Bonchev–Trinajstić information content (AvgIpc) is 2.75. The number of hydrogen-bond acceptors (Lipinski definition) is 7. The van der Waals surface area contributed by atoms with Gasteiger partial charge in [-0.2, -0.15) is 4.98 Å². The zero-order chi connectivity index (χ0) is 13.0. The Morgan fingerprint density at radius 2 is 2.28 bits per heavy atom. The molecule has 0 bridgehead atoms. The summed E-state index contributed by atoms with van der Waals surface area (Å²) in [5, 5.41) is 15.3. The maximum atomic E-state index is 10.7.